The predicted octanol–water partition coefficient (Wildman–Crippen LogP) is 5.18. The fraction of sp³-hybridized carbons (Fsp3) is 0.125. The van der Waals surface area contributed by atoms with Crippen LogP contribution in [0.2, 0.25) is 0 Å². The van der Waals surface area contributed by atoms with E-state index in [2.05, 4.69) is 0 Å². The van der Waals surface area contributed by atoms with Gasteiger partial charge in [0.25, 0.3) is 0 Å². The maximum atomic E-state index is 12.8. The third-order valence-corrected chi connectivity index (χ3v) is 4.24. The van der Waals surface area contributed by atoms with Gasteiger partial charge in [-0.15, -0.1) is 0 Å². The molecule has 4 nitrogen and oxygen atoms in total. The first-order valence-corrected chi connectivity index (χ1v) is 8.92. The molecule has 0 atom stereocenters. The maximum absolute atomic E-state index is 12.8. The summed E-state index contributed by atoms with van der Waals surface area (Å²) in [7, 11) is 3.15. The first kappa shape index (κ1) is 19.2. The van der Waals surface area contributed by atoms with E-state index in [0.717, 1.165) is 11.1 Å². The Morgan fingerprint density at radius 1 is 0.821 bits per heavy atom. The average Bonchev–Trinajstić information content (AvgIpc) is 2.76. The van der Waals surface area contributed by atoms with E-state index >= 15 is 0 Å². The lowest BCUT2D eigenvalue weighted by molar-refractivity contribution is 0.104. The Morgan fingerprint density at radius 3 is 2.29 bits per heavy atom. The molecule has 28 heavy (non-hydrogen) atoms. The molecule has 0 fully saturated rings. The zero-order chi connectivity index (χ0) is 19.8. The van der Waals surface area contributed by atoms with E-state index in [4.69, 9.17) is 14.2 Å². The Morgan fingerprint density at radius 2 is 1.54 bits per heavy atom. The van der Waals surface area contributed by atoms with Crippen LogP contribution >= 0.6 is 0 Å². The van der Waals surface area contributed by atoms with Gasteiger partial charge in [0.05, 0.1) is 19.8 Å². The molecule has 0 saturated heterocycles. The molecule has 0 aliphatic rings. The molecule has 3 aromatic carbocycles. The van der Waals surface area contributed by atoms with Gasteiger partial charge < -0.3 is 14.2 Å². The third-order valence-electron chi connectivity index (χ3n) is 4.24. The minimum atomic E-state index is -0.145. The van der Waals surface area contributed by atoms with Crippen LogP contribution in [0.3, 0.4) is 0 Å². The van der Waals surface area contributed by atoms with Gasteiger partial charge in [0, 0.05) is 5.56 Å². The van der Waals surface area contributed by atoms with Crippen molar-refractivity contribution in [3.63, 3.8) is 0 Å². The van der Waals surface area contributed by atoms with Crippen molar-refractivity contribution in [2.24, 2.45) is 0 Å². The molecular weight excluding hydrogens is 352 g/mol. The number of methoxy groups -OCH3 is 2. The number of ketones is 1. The summed E-state index contributed by atoms with van der Waals surface area (Å²) in [6.45, 7) is 0.401. The first-order valence-electron chi connectivity index (χ1n) is 8.92. The highest BCUT2D eigenvalue weighted by atomic mass is 16.5. The minimum Gasteiger partial charge on any atom is -0.493 e. The summed E-state index contributed by atoms with van der Waals surface area (Å²) in [5, 5.41) is 0. The van der Waals surface area contributed by atoms with E-state index in [0.29, 0.717) is 29.4 Å². The highest BCUT2D eigenvalue weighted by Gasteiger charge is 2.11. The van der Waals surface area contributed by atoms with Crippen molar-refractivity contribution in [2.75, 3.05) is 14.2 Å². The van der Waals surface area contributed by atoms with Gasteiger partial charge in [-0.25, -0.2) is 0 Å². The fourth-order valence-corrected chi connectivity index (χ4v) is 2.83. The fourth-order valence-electron chi connectivity index (χ4n) is 2.83. The van der Waals surface area contributed by atoms with E-state index in [-0.39, 0.29) is 5.78 Å². The standard InChI is InChI=1S/C24H22O4/c1-26-23-14-8-11-19(24(23)27-2)15-16-21(25)20-12-6-7-13-22(20)28-17-18-9-4-3-5-10-18/h3-16H,17H2,1-2H3. The van der Waals surface area contributed by atoms with E-state index in [1.807, 2.05) is 60.7 Å². The van der Waals surface area contributed by atoms with Gasteiger partial charge in [-0.05, 0) is 35.9 Å². The topological polar surface area (TPSA) is 44.8 Å². The number of para-hydroxylation sites is 2. The quantitative estimate of drug-likeness (QED) is 0.403. The summed E-state index contributed by atoms with van der Waals surface area (Å²) in [6, 6.07) is 22.6. The molecular formula is C24H22O4. The number of carbonyl (C=O) groups is 1. The monoisotopic (exact) mass is 374 g/mol. The van der Waals surface area contributed by atoms with Crippen molar-refractivity contribution >= 4 is 11.9 Å². The summed E-state index contributed by atoms with van der Waals surface area (Å²) >= 11 is 0. The number of ether oxygens (including phenoxy) is 3. The van der Waals surface area contributed by atoms with Gasteiger partial charge in [0.1, 0.15) is 12.4 Å². The van der Waals surface area contributed by atoms with Gasteiger partial charge in [0.15, 0.2) is 17.3 Å². The Kier molecular flexibility index (Phi) is 6.47. The second-order valence-corrected chi connectivity index (χ2v) is 6.05. The molecule has 0 aliphatic heterocycles. The molecule has 4 heteroatoms. The molecule has 3 rings (SSSR count). The van der Waals surface area contributed by atoms with E-state index in [9.17, 15) is 4.79 Å². The van der Waals surface area contributed by atoms with E-state index in [1.165, 1.54) is 6.08 Å². The first-order chi connectivity index (χ1) is 13.7. The number of benzene rings is 3. The Hall–Kier alpha value is -3.53. The highest BCUT2D eigenvalue weighted by Crippen LogP contribution is 2.31. The lowest BCUT2D eigenvalue weighted by Crippen LogP contribution is -2.02. The smallest absolute Gasteiger partial charge is 0.189 e. The number of carbonyl (C=O) groups excluding carboxylic acids is 1. The maximum Gasteiger partial charge on any atom is 0.189 e. The average molecular weight is 374 g/mol. The van der Waals surface area contributed by atoms with E-state index in [1.54, 1.807) is 32.4 Å². The highest BCUT2D eigenvalue weighted by molar-refractivity contribution is 6.08. The van der Waals surface area contributed by atoms with Gasteiger partial charge in [-0.1, -0.05) is 54.6 Å². The van der Waals surface area contributed by atoms with Crippen molar-refractivity contribution in [3.05, 3.63) is 95.6 Å². The summed E-state index contributed by atoms with van der Waals surface area (Å²) in [4.78, 5) is 12.8. The Bertz CT molecular complexity index is 961. The molecule has 0 saturated carbocycles. The Balaban J connectivity index is 1.79. The van der Waals surface area contributed by atoms with Crippen LogP contribution in [0.4, 0.5) is 0 Å². The molecule has 0 heterocycles. The van der Waals surface area contributed by atoms with E-state index < -0.39 is 0 Å². The molecule has 0 N–H and O–H groups in total. The van der Waals surface area contributed by atoms with Crippen molar-refractivity contribution in [1.82, 2.24) is 0 Å². The van der Waals surface area contributed by atoms with Crippen LogP contribution < -0.4 is 14.2 Å². The summed E-state index contributed by atoms with van der Waals surface area (Å²) in [5.74, 6) is 1.61. The van der Waals surface area contributed by atoms with Crippen LogP contribution in [-0.4, -0.2) is 20.0 Å². The molecule has 0 bridgehead atoms. The number of hydrogen-bond donors (Lipinski definition) is 0. The normalized spacial score (nSPS) is 10.6. The van der Waals surface area contributed by atoms with Crippen LogP contribution in [0.5, 0.6) is 17.2 Å². The van der Waals surface area contributed by atoms with Crippen LogP contribution in [0.15, 0.2) is 78.9 Å². The lowest BCUT2D eigenvalue weighted by atomic mass is 10.1. The largest absolute Gasteiger partial charge is 0.493 e. The van der Waals surface area contributed by atoms with Crippen LogP contribution in [-0.2, 0) is 6.61 Å². The molecule has 0 amide bonds. The second-order valence-electron chi connectivity index (χ2n) is 6.05. The molecule has 0 aromatic heterocycles. The molecule has 0 unspecified atom stereocenters. The van der Waals surface area contributed by atoms with Gasteiger partial charge >= 0.3 is 0 Å². The lowest BCUT2D eigenvalue weighted by Gasteiger charge is -2.11. The third kappa shape index (κ3) is 4.60. The predicted molar refractivity (Wildman–Crippen MR) is 110 cm³/mol. The molecule has 142 valence electrons. The summed E-state index contributed by atoms with van der Waals surface area (Å²) in [5.41, 5.74) is 2.32. The number of allylic oxidation sites excluding steroid dienone is 1. The zero-order valence-electron chi connectivity index (χ0n) is 15.9. The van der Waals surface area contributed by atoms with Gasteiger partial charge in [-0.2, -0.15) is 0 Å². The van der Waals surface area contributed by atoms with Gasteiger partial charge in [0.2, 0.25) is 0 Å². The second kappa shape index (κ2) is 9.42. The SMILES string of the molecule is COc1cccc(C=CC(=O)c2ccccc2OCc2ccccc2)c1OC. The Labute approximate surface area is 165 Å². The van der Waals surface area contributed by atoms with Crippen molar-refractivity contribution < 1.29 is 19.0 Å². The summed E-state index contributed by atoms with van der Waals surface area (Å²) in [6.07, 6.45) is 3.24. The van der Waals surface area contributed by atoms with Crippen LogP contribution in [0.25, 0.3) is 6.08 Å². The van der Waals surface area contributed by atoms with Crippen molar-refractivity contribution in [1.29, 1.82) is 0 Å². The number of hydrogen-bond acceptors (Lipinski definition) is 4. The van der Waals surface area contributed by atoms with Gasteiger partial charge in [-0.3, -0.25) is 4.79 Å². The van der Waals surface area contributed by atoms with Crippen molar-refractivity contribution in [3.8, 4) is 17.2 Å². The number of rotatable bonds is 8. The minimum absolute atomic E-state index is 0.145. The van der Waals surface area contributed by atoms with Crippen LogP contribution in [0, 0.1) is 0 Å². The van der Waals surface area contributed by atoms with Crippen molar-refractivity contribution in [2.45, 2.75) is 6.61 Å². The zero-order valence-corrected chi connectivity index (χ0v) is 15.9. The molecule has 0 aliphatic carbocycles. The van der Waals surface area contributed by atoms with Crippen LogP contribution in [0.1, 0.15) is 21.5 Å². The summed E-state index contributed by atoms with van der Waals surface area (Å²) < 4.78 is 16.6. The molecule has 3 aromatic rings. The molecule has 0 spiro atoms. The molecule has 0 radical (unpaired) electrons.